The summed E-state index contributed by atoms with van der Waals surface area (Å²) in [6.45, 7) is 6.42. The fraction of sp³-hybridized carbons (Fsp3) is 0.429. The Kier molecular flexibility index (Phi) is 10.9. The SMILES string of the molecule is COc1ccccc1N1CCN(CC(O)COc2ccc(Cl)c(C)c2)CC1.Cl.Cl. The molecule has 0 spiro atoms. The van der Waals surface area contributed by atoms with Crippen LogP contribution in [-0.4, -0.2) is 62.6 Å². The number of ether oxygens (including phenoxy) is 2. The summed E-state index contributed by atoms with van der Waals surface area (Å²) in [6, 6.07) is 13.6. The zero-order chi connectivity index (χ0) is 19.2. The molecule has 2 aromatic rings. The molecule has 0 aromatic heterocycles. The Morgan fingerprint density at radius 3 is 2.41 bits per heavy atom. The number of para-hydroxylation sites is 2. The average Bonchev–Trinajstić information content (AvgIpc) is 2.69. The number of nitrogens with zero attached hydrogens (tertiary/aromatic N) is 2. The number of piperazine rings is 1. The van der Waals surface area contributed by atoms with E-state index in [9.17, 15) is 5.11 Å². The van der Waals surface area contributed by atoms with Crippen LogP contribution in [0.25, 0.3) is 0 Å². The van der Waals surface area contributed by atoms with Gasteiger partial charge in [-0.2, -0.15) is 0 Å². The molecule has 0 bridgehead atoms. The van der Waals surface area contributed by atoms with Gasteiger partial charge in [0.15, 0.2) is 0 Å². The van der Waals surface area contributed by atoms with Crippen LogP contribution in [0.3, 0.4) is 0 Å². The van der Waals surface area contributed by atoms with Gasteiger partial charge < -0.3 is 19.5 Å². The van der Waals surface area contributed by atoms with E-state index < -0.39 is 6.10 Å². The zero-order valence-corrected chi connectivity index (χ0v) is 19.1. The van der Waals surface area contributed by atoms with E-state index in [1.807, 2.05) is 43.3 Å². The molecule has 162 valence electrons. The molecule has 1 aliphatic heterocycles. The average molecular weight is 464 g/mol. The van der Waals surface area contributed by atoms with Gasteiger partial charge in [0, 0.05) is 37.7 Å². The molecule has 0 radical (unpaired) electrons. The number of β-amino-alcohol motifs (C(OH)–C–C–N with tert-alkyl or cyclic N) is 1. The maximum atomic E-state index is 10.3. The van der Waals surface area contributed by atoms with E-state index in [0.717, 1.165) is 54.0 Å². The van der Waals surface area contributed by atoms with Gasteiger partial charge in [-0.3, -0.25) is 4.90 Å². The minimum Gasteiger partial charge on any atom is -0.495 e. The van der Waals surface area contributed by atoms with E-state index in [0.29, 0.717) is 6.54 Å². The summed E-state index contributed by atoms with van der Waals surface area (Å²) in [5.41, 5.74) is 2.10. The summed E-state index contributed by atoms with van der Waals surface area (Å²) in [6.07, 6.45) is -0.529. The molecule has 8 heteroatoms. The molecule has 2 aromatic carbocycles. The van der Waals surface area contributed by atoms with E-state index in [1.54, 1.807) is 7.11 Å². The van der Waals surface area contributed by atoms with Crippen molar-refractivity contribution in [3.8, 4) is 11.5 Å². The number of hydrogen-bond acceptors (Lipinski definition) is 5. The molecular formula is C21H29Cl3N2O3. The van der Waals surface area contributed by atoms with Crippen molar-refractivity contribution < 1.29 is 14.6 Å². The van der Waals surface area contributed by atoms with Crippen LogP contribution in [0.1, 0.15) is 5.56 Å². The number of halogens is 3. The Labute approximate surface area is 190 Å². The van der Waals surface area contributed by atoms with E-state index >= 15 is 0 Å². The number of benzene rings is 2. The van der Waals surface area contributed by atoms with Crippen LogP contribution >= 0.6 is 36.4 Å². The number of aryl methyl sites for hydroxylation is 1. The first kappa shape index (κ1) is 25.7. The molecular weight excluding hydrogens is 435 g/mol. The number of aliphatic hydroxyl groups is 1. The fourth-order valence-electron chi connectivity index (χ4n) is 3.31. The van der Waals surface area contributed by atoms with Crippen molar-refractivity contribution in [1.29, 1.82) is 0 Å². The van der Waals surface area contributed by atoms with Crippen molar-refractivity contribution in [2.45, 2.75) is 13.0 Å². The summed E-state index contributed by atoms with van der Waals surface area (Å²) < 4.78 is 11.2. The highest BCUT2D eigenvalue weighted by atomic mass is 35.5. The molecule has 0 aliphatic carbocycles. The summed E-state index contributed by atoms with van der Waals surface area (Å²) in [7, 11) is 1.70. The summed E-state index contributed by atoms with van der Waals surface area (Å²) in [5, 5.41) is 11.0. The van der Waals surface area contributed by atoms with Gasteiger partial charge in [-0.1, -0.05) is 23.7 Å². The minimum absolute atomic E-state index is 0. The topological polar surface area (TPSA) is 45.2 Å². The van der Waals surface area contributed by atoms with Crippen LogP contribution < -0.4 is 14.4 Å². The fourth-order valence-corrected chi connectivity index (χ4v) is 3.43. The molecule has 1 N–H and O–H groups in total. The molecule has 3 rings (SSSR count). The van der Waals surface area contributed by atoms with Gasteiger partial charge in [-0.05, 0) is 42.8 Å². The molecule has 29 heavy (non-hydrogen) atoms. The van der Waals surface area contributed by atoms with E-state index in [-0.39, 0.29) is 31.4 Å². The second-order valence-corrected chi connectivity index (χ2v) is 7.24. The number of aliphatic hydroxyl groups excluding tert-OH is 1. The molecule has 5 nitrogen and oxygen atoms in total. The van der Waals surface area contributed by atoms with E-state index in [2.05, 4.69) is 15.9 Å². The molecule has 0 amide bonds. The van der Waals surface area contributed by atoms with Crippen molar-refractivity contribution >= 4 is 42.1 Å². The molecule has 0 saturated carbocycles. The number of methoxy groups -OCH3 is 1. The zero-order valence-electron chi connectivity index (χ0n) is 16.7. The third kappa shape index (κ3) is 7.12. The van der Waals surface area contributed by atoms with Crippen LogP contribution in [0.4, 0.5) is 5.69 Å². The molecule has 1 heterocycles. The molecule has 1 fully saturated rings. The maximum Gasteiger partial charge on any atom is 0.142 e. The van der Waals surface area contributed by atoms with E-state index in [1.165, 1.54) is 0 Å². The first-order valence-corrected chi connectivity index (χ1v) is 9.62. The predicted octanol–water partition coefficient (Wildman–Crippen LogP) is 4.06. The van der Waals surface area contributed by atoms with Crippen molar-refractivity contribution in [2.24, 2.45) is 0 Å². The van der Waals surface area contributed by atoms with Gasteiger partial charge in [-0.25, -0.2) is 0 Å². The Balaban J connectivity index is 0.00000210. The Hall–Kier alpha value is -1.37. The summed E-state index contributed by atoms with van der Waals surface area (Å²) in [5.74, 6) is 1.63. The third-order valence-electron chi connectivity index (χ3n) is 4.84. The van der Waals surface area contributed by atoms with Gasteiger partial charge in [-0.15, -0.1) is 24.8 Å². The monoisotopic (exact) mass is 462 g/mol. The van der Waals surface area contributed by atoms with Crippen LogP contribution in [0, 0.1) is 6.92 Å². The van der Waals surface area contributed by atoms with Crippen LogP contribution in [0.2, 0.25) is 5.02 Å². The van der Waals surface area contributed by atoms with Crippen molar-refractivity contribution in [2.75, 3.05) is 51.3 Å². The molecule has 1 unspecified atom stereocenters. The highest BCUT2D eigenvalue weighted by Crippen LogP contribution is 2.28. The summed E-state index contributed by atoms with van der Waals surface area (Å²) >= 11 is 6.02. The van der Waals surface area contributed by atoms with Crippen LogP contribution in [0.15, 0.2) is 42.5 Å². The highest BCUT2D eigenvalue weighted by Gasteiger charge is 2.21. The smallest absolute Gasteiger partial charge is 0.142 e. The first-order chi connectivity index (χ1) is 13.1. The molecule has 1 aliphatic rings. The lowest BCUT2D eigenvalue weighted by Crippen LogP contribution is -2.49. The molecule has 1 atom stereocenters. The van der Waals surface area contributed by atoms with Crippen molar-refractivity contribution in [3.63, 3.8) is 0 Å². The quantitative estimate of drug-likeness (QED) is 0.671. The first-order valence-electron chi connectivity index (χ1n) is 9.24. The normalized spacial score (nSPS) is 15.1. The lowest BCUT2D eigenvalue weighted by molar-refractivity contribution is 0.0662. The standard InChI is InChI=1S/C21H27ClN2O3.2ClH/c1-16-13-18(7-8-19(16)22)27-15-17(25)14-23-9-11-24(12-10-23)20-5-3-4-6-21(20)26-2;;/h3-8,13,17,25H,9-12,14-15H2,1-2H3;2*1H. The molecule has 1 saturated heterocycles. The summed E-state index contributed by atoms with van der Waals surface area (Å²) in [4.78, 5) is 4.60. The van der Waals surface area contributed by atoms with Gasteiger partial charge in [0.05, 0.1) is 12.8 Å². The van der Waals surface area contributed by atoms with Gasteiger partial charge in [0.25, 0.3) is 0 Å². The predicted molar refractivity (Wildman–Crippen MR) is 124 cm³/mol. The van der Waals surface area contributed by atoms with Crippen LogP contribution in [0.5, 0.6) is 11.5 Å². The lowest BCUT2D eigenvalue weighted by Gasteiger charge is -2.37. The Morgan fingerprint density at radius 2 is 1.76 bits per heavy atom. The van der Waals surface area contributed by atoms with E-state index in [4.69, 9.17) is 21.1 Å². The Morgan fingerprint density at radius 1 is 1.07 bits per heavy atom. The lowest BCUT2D eigenvalue weighted by atomic mass is 10.2. The van der Waals surface area contributed by atoms with Gasteiger partial charge in [0.1, 0.15) is 24.2 Å². The maximum absolute atomic E-state index is 10.3. The largest absolute Gasteiger partial charge is 0.495 e. The van der Waals surface area contributed by atoms with Crippen molar-refractivity contribution in [1.82, 2.24) is 4.90 Å². The minimum atomic E-state index is -0.529. The highest BCUT2D eigenvalue weighted by molar-refractivity contribution is 6.31. The number of rotatable bonds is 7. The second kappa shape index (κ2) is 12.4. The number of anilines is 1. The third-order valence-corrected chi connectivity index (χ3v) is 5.26. The van der Waals surface area contributed by atoms with Gasteiger partial charge in [0.2, 0.25) is 0 Å². The number of hydrogen-bond donors (Lipinski definition) is 1. The van der Waals surface area contributed by atoms with Crippen LogP contribution in [-0.2, 0) is 0 Å². The van der Waals surface area contributed by atoms with Gasteiger partial charge >= 0.3 is 0 Å². The Bertz CT molecular complexity index is 756. The second-order valence-electron chi connectivity index (χ2n) is 6.84. The van der Waals surface area contributed by atoms with Crippen molar-refractivity contribution in [3.05, 3.63) is 53.1 Å².